The van der Waals surface area contributed by atoms with Gasteiger partial charge in [-0.2, -0.15) is 0 Å². The van der Waals surface area contributed by atoms with Gasteiger partial charge in [0.2, 0.25) is 0 Å². The van der Waals surface area contributed by atoms with Crippen LogP contribution in [0.25, 0.3) is 0 Å². The summed E-state index contributed by atoms with van der Waals surface area (Å²) in [6, 6.07) is 6.92. The minimum absolute atomic E-state index is 0.00329. The molecule has 0 saturated heterocycles. The van der Waals surface area contributed by atoms with Crippen LogP contribution in [0.15, 0.2) is 39.9 Å². The first-order valence-corrected chi connectivity index (χ1v) is 8.37. The highest BCUT2D eigenvalue weighted by atomic mass is 32.2. The Morgan fingerprint density at radius 2 is 2.14 bits per heavy atom. The normalized spacial score (nSPS) is 11.1. The first kappa shape index (κ1) is 15.3. The zero-order valence-electron chi connectivity index (χ0n) is 11.1. The SMILES string of the molecule is CCOC(=O)c1ccc(NS(=O)(=O)c2cccs2)c(O)c1. The molecule has 6 nitrogen and oxygen atoms in total. The molecule has 0 aliphatic rings. The van der Waals surface area contributed by atoms with Crippen LogP contribution in [0.5, 0.6) is 5.75 Å². The zero-order chi connectivity index (χ0) is 15.5. The molecule has 1 aromatic carbocycles. The molecule has 0 bridgehead atoms. The largest absolute Gasteiger partial charge is 0.506 e. The van der Waals surface area contributed by atoms with Crippen molar-refractivity contribution in [3.05, 3.63) is 41.3 Å². The number of carbonyl (C=O) groups is 1. The first-order chi connectivity index (χ1) is 9.94. The summed E-state index contributed by atoms with van der Waals surface area (Å²) in [4.78, 5) is 11.5. The van der Waals surface area contributed by atoms with Crippen LogP contribution in [0.2, 0.25) is 0 Å². The quantitative estimate of drug-likeness (QED) is 0.650. The highest BCUT2D eigenvalue weighted by Crippen LogP contribution is 2.28. The molecule has 8 heteroatoms. The van der Waals surface area contributed by atoms with E-state index in [4.69, 9.17) is 4.74 Å². The molecule has 2 N–H and O–H groups in total. The first-order valence-electron chi connectivity index (χ1n) is 6.00. The molecule has 1 heterocycles. The van der Waals surface area contributed by atoms with Crippen molar-refractivity contribution >= 4 is 33.0 Å². The van der Waals surface area contributed by atoms with Gasteiger partial charge in [-0.25, -0.2) is 13.2 Å². The Labute approximate surface area is 126 Å². The lowest BCUT2D eigenvalue weighted by Crippen LogP contribution is -2.12. The molecule has 0 spiro atoms. The molecule has 0 unspecified atom stereocenters. The van der Waals surface area contributed by atoms with Crippen molar-refractivity contribution in [3.8, 4) is 5.75 Å². The lowest BCUT2D eigenvalue weighted by Gasteiger charge is -2.09. The average Bonchev–Trinajstić information content (AvgIpc) is 2.96. The second-order valence-corrected chi connectivity index (χ2v) is 6.85. The summed E-state index contributed by atoms with van der Waals surface area (Å²) in [5, 5.41) is 11.5. The number of esters is 1. The van der Waals surface area contributed by atoms with Crippen LogP contribution in [-0.2, 0) is 14.8 Å². The molecule has 0 fully saturated rings. The summed E-state index contributed by atoms with van der Waals surface area (Å²) in [6.45, 7) is 1.88. The van der Waals surface area contributed by atoms with E-state index < -0.39 is 16.0 Å². The second kappa shape index (κ2) is 6.15. The molecule has 0 radical (unpaired) electrons. The maximum absolute atomic E-state index is 12.0. The van der Waals surface area contributed by atoms with Gasteiger partial charge >= 0.3 is 5.97 Å². The third kappa shape index (κ3) is 3.53. The van der Waals surface area contributed by atoms with Gasteiger partial charge in [-0.05, 0) is 36.6 Å². The fourth-order valence-electron chi connectivity index (χ4n) is 1.57. The van der Waals surface area contributed by atoms with E-state index in [1.807, 2.05) is 0 Å². The van der Waals surface area contributed by atoms with E-state index in [1.54, 1.807) is 18.4 Å². The number of rotatable bonds is 5. The van der Waals surface area contributed by atoms with Gasteiger partial charge in [0.05, 0.1) is 17.9 Å². The summed E-state index contributed by atoms with van der Waals surface area (Å²) in [5.41, 5.74) is 0.143. The van der Waals surface area contributed by atoms with Crippen molar-refractivity contribution in [2.24, 2.45) is 0 Å². The van der Waals surface area contributed by atoms with E-state index in [2.05, 4.69) is 4.72 Å². The Bertz CT molecular complexity index is 738. The van der Waals surface area contributed by atoms with Crippen LogP contribution >= 0.6 is 11.3 Å². The Hall–Kier alpha value is -2.06. The van der Waals surface area contributed by atoms with Crippen molar-refractivity contribution in [1.82, 2.24) is 0 Å². The molecule has 21 heavy (non-hydrogen) atoms. The van der Waals surface area contributed by atoms with Gasteiger partial charge in [-0.1, -0.05) is 6.07 Å². The summed E-state index contributed by atoms with van der Waals surface area (Å²) in [7, 11) is -3.74. The minimum Gasteiger partial charge on any atom is -0.506 e. The summed E-state index contributed by atoms with van der Waals surface area (Å²) < 4.78 is 31.3. The van der Waals surface area contributed by atoms with E-state index in [9.17, 15) is 18.3 Å². The number of benzene rings is 1. The number of anilines is 1. The lowest BCUT2D eigenvalue weighted by molar-refractivity contribution is 0.0526. The number of hydrogen-bond donors (Lipinski definition) is 2. The number of phenolic OH excluding ortho intramolecular Hbond substituents is 1. The number of phenols is 1. The predicted molar refractivity (Wildman–Crippen MR) is 79.2 cm³/mol. The van der Waals surface area contributed by atoms with Crippen LogP contribution in [0, 0.1) is 0 Å². The number of thiophene rings is 1. The van der Waals surface area contributed by atoms with Crippen LogP contribution in [0.1, 0.15) is 17.3 Å². The topological polar surface area (TPSA) is 92.7 Å². The van der Waals surface area contributed by atoms with Gasteiger partial charge in [0.1, 0.15) is 9.96 Å². The lowest BCUT2D eigenvalue weighted by atomic mass is 10.2. The van der Waals surface area contributed by atoms with Crippen LogP contribution in [0.4, 0.5) is 5.69 Å². The summed E-state index contributed by atoms with van der Waals surface area (Å²) in [5.74, 6) is -0.929. The third-order valence-electron chi connectivity index (χ3n) is 2.51. The smallest absolute Gasteiger partial charge is 0.338 e. The Morgan fingerprint density at radius 1 is 1.38 bits per heavy atom. The predicted octanol–water partition coefficient (Wildman–Crippen LogP) is 2.43. The molecule has 0 saturated carbocycles. The van der Waals surface area contributed by atoms with Gasteiger partial charge < -0.3 is 9.84 Å². The average molecular weight is 327 g/mol. The maximum Gasteiger partial charge on any atom is 0.338 e. The molecule has 2 aromatic rings. The van der Waals surface area contributed by atoms with Crippen molar-refractivity contribution < 1.29 is 23.1 Å². The van der Waals surface area contributed by atoms with Gasteiger partial charge in [0, 0.05) is 0 Å². The van der Waals surface area contributed by atoms with Crippen molar-refractivity contribution in [1.29, 1.82) is 0 Å². The number of ether oxygens (including phenoxy) is 1. The molecule has 112 valence electrons. The highest BCUT2D eigenvalue weighted by Gasteiger charge is 2.18. The Morgan fingerprint density at radius 3 is 2.71 bits per heavy atom. The van der Waals surface area contributed by atoms with E-state index in [0.29, 0.717) is 0 Å². The van der Waals surface area contributed by atoms with E-state index in [1.165, 1.54) is 18.2 Å². The summed E-state index contributed by atoms with van der Waals surface area (Å²) in [6.07, 6.45) is 0. The van der Waals surface area contributed by atoms with E-state index in [0.717, 1.165) is 17.4 Å². The number of aromatic hydroxyl groups is 1. The molecule has 0 aliphatic heterocycles. The molecule has 0 aliphatic carbocycles. The molecule has 2 rings (SSSR count). The Kier molecular flexibility index (Phi) is 4.49. The number of nitrogens with one attached hydrogen (secondary N) is 1. The maximum atomic E-state index is 12.0. The van der Waals surface area contributed by atoms with Crippen molar-refractivity contribution in [2.75, 3.05) is 11.3 Å². The number of sulfonamides is 1. The molecular weight excluding hydrogens is 314 g/mol. The monoisotopic (exact) mass is 327 g/mol. The van der Waals surface area contributed by atoms with E-state index >= 15 is 0 Å². The van der Waals surface area contributed by atoms with Crippen LogP contribution in [0.3, 0.4) is 0 Å². The fourth-order valence-corrected chi connectivity index (χ4v) is 3.64. The van der Waals surface area contributed by atoms with Crippen molar-refractivity contribution in [3.63, 3.8) is 0 Å². The number of hydrogen-bond acceptors (Lipinski definition) is 6. The standard InChI is InChI=1S/C13H13NO5S2/c1-2-19-13(16)9-5-6-10(11(15)8-9)14-21(17,18)12-4-3-7-20-12/h3-8,14-15H,2H2,1H3. The Balaban J connectivity index is 2.24. The second-order valence-electron chi connectivity index (χ2n) is 3.99. The third-order valence-corrected chi connectivity index (χ3v) is 5.28. The van der Waals surface area contributed by atoms with E-state index in [-0.39, 0.29) is 27.8 Å². The fraction of sp³-hybridized carbons (Fsp3) is 0.154. The highest BCUT2D eigenvalue weighted by molar-refractivity contribution is 7.94. The van der Waals surface area contributed by atoms with Gasteiger partial charge in [0.25, 0.3) is 10.0 Å². The van der Waals surface area contributed by atoms with Crippen LogP contribution in [-0.4, -0.2) is 26.1 Å². The molecular formula is C13H13NO5S2. The minimum atomic E-state index is -3.74. The molecule has 1 aromatic heterocycles. The van der Waals surface area contributed by atoms with Gasteiger partial charge in [0.15, 0.2) is 0 Å². The zero-order valence-corrected chi connectivity index (χ0v) is 12.7. The molecule has 0 amide bonds. The molecule has 0 atom stereocenters. The van der Waals surface area contributed by atoms with Crippen molar-refractivity contribution in [2.45, 2.75) is 11.1 Å². The number of carbonyl (C=O) groups excluding carboxylic acids is 1. The van der Waals surface area contributed by atoms with Gasteiger partial charge in [-0.15, -0.1) is 11.3 Å². The van der Waals surface area contributed by atoms with Gasteiger partial charge in [-0.3, -0.25) is 4.72 Å². The summed E-state index contributed by atoms with van der Waals surface area (Å²) >= 11 is 1.06. The van der Waals surface area contributed by atoms with Crippen LogP contribution < -0.4 is 4.72 Å².